The maximum absolute atomic E-state index is 12.0. The van der Waals surface area contributed by atoms with Crippen LogP contribution >= 0.6 is 11.3 Å². The summed E-state index contributed by atoms with van der Waals surface area (Å²) in [6.45, 7) is -0.211. The molecule has 2 N–H and O–H groups in total. The zero-order valence-electron chi connectivity index (χ0n) is 9.19. The van der Waals surface area contributed by atoms with Gasteiger partial charge < -0.3 is 5.11 Å². The summed E-state index contributed by atoms with van der Waals surface area (Å²) in [5, 5.41) is 10.2. The van der Waals surface area contributed by atoms with Gasteiger partial charge in [0.25, 0.3) is 10.0 Å². The Labute approximate surface area is 108 Å². The van der Waals surface area contributed by atoms with Gasteiger partial charge in [-0.3, -0.25) is 0 Å². The molecule has 0 atom stereocenters. The first-order chi connectivity index (χ1) is 8.45. The van der Waals surface area contributed by atoms with Crippen molar-refractivity contribution in [2.75, 3.05) is 6.61 Å². The number of aliphatic hydroxyl groups excluding tert-OH is 1. The molecule has 1 rings (SSSR count). The third-order valence-electron chi connectivity index (χ3n) is 1.81. The quantitative estimate of drug-likeness (QED) is 0.800. The molecule has 0 spiro atoms. The highest BCUT2D eigenvalue weighted by molar-refractivity contribution is 7.89. The van der Waals surface area contributed by atoms with E-state index < -0.39 is 15.8 Å². The summed E-state index contributed by atoms with van der Waals surface area (Å²) in [6, 6.07) is 1.61. The van der Waals surface area contributed by atoms with Crippen molar-refractivity contribution in [3.63, 3.8) is 0 Å². The van der Waals surface area contributed by atoms with E-state index in [2.05, 4.69) is 11.8 Å². The number of hydrogen-bond donors (Lipinski definition) is 2. The van der Waals surface area contributed by atoms with E-state index in [-0.39, 0.29) is 13.2 Å². The zero-order chi connectivity index (χ0) is 13.6. The largest absolute Gasteiger partial charge is 0.395 e. The summed E-state index contributed by atoms with van der Waals surface area (Å²) in [7, 11) is -4.55. The van der Waals surface area contributed by atoms with Crippen molar-refractivity contribution in [3.05, 3.63) is 21.9 Å². The molecule has 1 heterocycles. The summed E-state index contributed by atoms with van der Waals surface area (Å²) in [5.74, 6) is 2.03. The van der Waals surface area contributed by atoms with Crippen LogP contribution in [0, 0.1) is 11.8 Å². The number of hydrogen-bond acceptors (Lipinski definition) is 4. The van der Waals surface area contributed by atoms with Crippen LogP contribution in [0.5, 0.6) is 0 Å². The molecule has 4 nitrogen and oxygen atoms in total. The molecule has 0 aliphatic rings. The van der Waals surface area contributed by atoms with Crippen LogP contribution in [0.1, 0.15) is 16.9 Å². The average molecular weight is 295 g/mol. The van der Waals surface area contributed by atoms with Gasteiger partial charge in [0.2, 0.25) is 0 Å². The van der Waals surface area contributed by atoms with Crippen molar-refractivity contribution in [2.45, 2.75) is 18.7 Å². The van der Waals surface area contributed by atoms with Crippen molar-refractivity contribution < 1.29 is 22.3 Å². The maximum Gasteiger partial charge on any atom is 0.350 e. The van der Waals surface area contributed by atoms with Crippen molar-refractivity contribution in [1.29, 1.82) is 0 Å². The lowest BCUT2D eigenvalue weighted by Gasteiger charge is -2.02. The minimum atomic E-state index is -4.55. The molecule has 1 aromatic heterocycles. The number of sulfonamides is 1. The normalized spacial score (nSPS) is 11.3. The number of alkyl halides is 2. The molecular formula is C10H11F2NO3S2. The predicted octanol–water partition coefficient (Wildman–Crippen LogP) is 1.12. The third kappa shape index (κ3) is 4.70. The van der Waals surface area contributed by atoms with E-state index in [0.717, 1.165) is 0 Å². The maximum atomic E-state index is 12.0. The monoisotopic (exact) mass is 295 g/mol. The molecule has 18 heavy (non-hydrogen) atoms. The van der Waals surface area contributed by atoms with Crippen LogP contribution in [-0.4, -0.2) is 25.9 Å². The fraction of sp³-hybridized carbons (Fsp3) is 0.400. The Hall–Kier alpha value is -1.01. The van der Waals surface area contributed by atoms with E-state index in [1.165, 1.54) is 11.3 Å². The highest BCUT2D eigenvalue weighted by Gasteiger charge is 2.23. The van der Waals surface area contributed by atoms with Crippen LogP contribution in [0.2, 0.25) is 0 Å². The van der Waals surface area contributed by atoms with Gasteiger partial charge in [-0.1, -0.05) is 11.8 Å². The van der Waals surface area contributed by atoms with Crippen LogP contribution in [0.25, 0.3) is 0 Å². The Morgan fingerprint density at radius 3 is 2.83 bits per heavy atom. The molecule has 0 bridgehead atoms. The van der Waals surface area contributed by atoms with E-state index >= 15 is 0 Å². The molecule has 100 valence electrons. The van der Waals surface area contributed by atoms with Crippen molar-refractivity contribution in [3.8, 4) is 11.8 Å². The Kier molecular flexibility index (Phi) is 5.68. The SMILES string of the molecule is O=S(=O)(NCc1cc(C#CCCO)cs1)C(F)F. The Bertz CT molecular complexity index is 543. The molecule has 0 saturated carbocycles. The fourth-order valence-corrected chi connectivity index (χ4v) is 2.32. The molecule has 0 aliphatic heterocycles. The Morgan fingerprint density at radius 1 is 1.50 bits per heavy atom. The summed E-state index contributed by atoms with van der Waals surface area (Å²) < 4.78 is 47.5. The summed E-state index contributed by atoms with van der Waals surface area (Å²) in [4.78, 5) is 0.590. The number of thiophene rings is 1. The van der Waals surface area contributed by atoms with Gasteiger partial charge in [0, 0.05) is 28.8 Å². The van der Waals surface area contributed by atoms with Crippen LogP contribution in [0.3, 0.4) is 0 Å². The first-order valence-corrected chi connectivity index (χ1v) is 7.32. The predicted molar refractivity (Wildman–Crippen MR) is 64.7 cm³/mol. The third-order valence-corrected chi connectivity index (χ3v) is 3.76. The summed E-state index contributed by atoms with van der Waals surface area (Å²) in [6.07, 6.45) is 0.350. The van der Waals surface area contributed by atoms with Crippen LogP contribution in [0.4, 0.5) is 8.78 Å². The van der Waals surface area contributed by atoms with Crippen molar-refractivity contribution in [2.24, 2.45) is 0 Å². The van der Waals surface area contributed by atoms with Gasteiger partial charge in [-0.2, -0.15) is 8.78 Å². The Morgan fingerprint density at radius 2 is 2.22 bits per heavy atom. The van der Waals surface area contributed by atoms with Crippen molar-refractivity contribution in [1.82, 2.24) is 4.72 Å². The number of halogens is 2. The second-order valence-corrected chi connectivity index (χ2v) is 5.93. The first kappa shape index (κ1) is 15.0. The lowest BCUT2D eigenvalue weighted by atomic mass is 10.3. The average Bonchev–Trinajstić information content (AvgIpc) is 2.75. The molecule has 8 heteroatoms. The molecule has 1 aromatic rings. The molecule has 0 fully saturated rings. The molecule has 0 aliphatic carbocycles. The van der Waals surface area contributed by atoms with Crippen LogP contribution in [-0.2, 0) is 16.6 Å². The van der Waals surface area contributed by atoms with Gasteiger partial charge in [-0.05, 0) is 6.07 Å². The number of nitrogens with one attached hydrogen (secondary N) is 1. The topological polar surface area (TPSA) is 66.4 Å². The second-order valence-electron chi connectivity index (χ2n) is 3.20. The van der Waals surface area contributed by atoms with E-state index in [1.807, 2.05) is 0 Å². The van der Waals surface area contributed by atoms with Crippen molar-refractivity contribution >= 4 is 21.4 Å². The number of rotatable bonds is 5. The van der Waals surface area contributed by atoms with E-state index in [0.29, 0.717) is 16.9 Å². The summed E-state index contributed by atoms with van der Waals surface area (Å²) in [5.41, 5.74) is 0.666. The highest BCUT2D eigenvalue weighted by Crippen LogP contribution is 2.14. The molecule has 0 amide bonds. The van der Waals surface area contributed by atoms with Gasteiger partial charge >= 0.3 is 5.76 Å². The minimum Gasteiger partial charge on any atom is -0.395 e. The van der Waals surface area contributed by atoms with E-state index in [1.54, 1.807) is 16.2 Å². The zero-order valence-corrected chi connectivity index (χ0v) is 10.8. The molecule has 0 radical (unpaired) electrons. The second kappa shape index (κ2) is 6.80. The minimum absolute atomic E-state index is 0.0296. The molecule has 0 unspecified atom stereocenters. The molecule has 0 saturated heterocycles. The lowest BCUT2D eigenvalue weighted by molar-refractivity contribution is 0.232. The number of aliphatic hydroxyl groups is 1. The molecule has 0 aromatic carbocycles. The van der Waals surface area contributed by atoms with Crippen LogP contribution < -0.4 is 4.72 Å². The summed E-state index contributed by atoms with van der Waals surface area (Å²) >= 11 is 1.22. The first-order valence-electron chi connectivity index (χ1n) is 4.89. The van der Waals surface area contributed by atoms with Gasteiger partial charge in [0.15, 0.2) is 0 Å². The van der Waals surface area contributed by atoms with E-state index in [9.17, 15) is 17.2 Å². The van der Waals surface area contributed by atoms with Crippen LogP contribution in [0.15, 0.2) is 11.4 Å². The van der Waals surface area contributed by atoms with Gasteiger partial charge in [-0.25, -0.2) is 13.1 Å². The van der Waals surface area contributed by atoms with E-state index in [4.69, 9.17) is 5.11 Å². The highest BCUT2D eigenvalue weighted by atomic mass is 32.2. The smallest absolute Gasteiger partial charge is 0.350 e. The molecular weight excluding hydrogens is 284 g/mol. The van der Waals surface area contributed by atoms with Gasteiger partial charge in [0.05, 0.1) is 6.61 Å². The van der Waals surface area contributed by atoms with Gasteiger partial charge in [0.1, 0.15) is 0 Å². The standard InChI is InChI=1S/C10H11F2NO3S2/c11-10(12)18(15,16)13-6-9-5-8(7-17-9)3-1-2-4-14/h5,7,10,13-14H,2,4,6H2. The van der Waals surface area contributed by atoms with Gasteiger partial charge in [-0.15, -0.1) is 11.3 Å². The lowest BCUT2D eigenvalue weighted by Crippen LogP contribution is -2.28. The Balaban J connectivity index is 2.58. The fourth-order valence-electron chi connectivity index (χ4n) is 0.994.